The highest BCUT2D eigenvalue weighted by molar-refractivity contribution is 6.40. The van der Waals surface area contributed by atoms with E-state index in [1.54, 1.807) is 38.3 Å². The van der Waals surface area contributed by atoms with Crippen molar-refractivity contribution in [1.29, 1.82) is 0 Å². The lowest BCUT2D eigenvalue weighted by Gasteiger charge is -2.06. The average Bonchev–Trinajstić information content (AvgIpc) is 2.58. The van der Waals surface area contributed by atoms with Crippen LogP contribution in [0.1, 0.15) is 12.5 Å². The molecule has 0 atom stereocenters. The van der Waals surface area contributed by atoms with E-state index < -0.39 is 11.8 Å². The second-order valence-electron chi connectivity index (χ2n) is 4.98. The first-order valence-electron chi connectivity index (χ1n) is 7.15. The predicted octanol–water partition coefficient (Wildman–Crippen LogP) is 3.48. The van der Waals surface area contributed by atoms with Gasteiger partial charge in [0.25, 0.3) is 0 Å². The largest absolute Gasteiger partial charge is 0.497 e. The Bertz CT molecular complexity index is 800. The van der Waals surface area contributed by atoms with Crippen molar-refractivity contribution in [2.75, 3.05) is 12.4 Å². The number of amides is 2. The minimum atomic E-state index is -0.913. The van der Waals surface area contributed by atoms with Gasteiger partial charge in [-0.1, -0.05) is 23.2 Å². The maximum atomic E-state index is 11.9. The summed E-state index contributed by atoms with van der Waals surface area (Å²) in [5.74, 6) is -1.09. The molecule has 0 heterocycles. The molecule has 0 bridgehead atoms. The molecular formula is C17H15Cl2N3O3. The fourth-order valence-corrected chi connectivity index (χ4v) is 2.42. The number of ether oxygens (including phenoxy) is 1. The molecule has 130 valence electrons. The van der Waals surface area contributed by atoms with Crippen LogP contribution in [0, 0.1) is 0 Å². The lowest BCUT2D eigenvalue weighted by molar-refractivity contribution is -0.136. The van der Waals surface area contributed by atoms with E-state index in [0.29, 0.717) is 27.2 Å². The first kappa shape index (κ1) is 18.8. The van der Waals surface area contributed by atoms with Crippen LogP contribution in [0.3, 0.4) is 0 Å². The molecule has 0 fully saturated rings. The number of nitrogens with one attached hydrogen (secondary N) is 2. The second kappa shape index (κ2) is 8.50. The summed E-state index contributed by atoms with van der Waals surface area (Å²) < 4.78 is 5.07. The fourth-order valence-electron chi connectivity index (χ4n) is 1.90. The molecule has 0 aliphatic heterocycles. The number of methoxy groups -OCH3 is 1. The Labute approximate surface area is 154 Å². The summed E-state index contributed by atoms with van der Waals surface area (Å²) in [7, 11) is 1.57. The number of hydrogen-bond donors (Lipinski definition) is 2. The topological polar surface area (TPSA) is 79.8 Å². The van der Waals surface area contributed by atoms with E-state index in [0.717, 1.165) is 5.56 Å². The van der Waals surface area contributed by atoms with Gasteiger partial charge in [-0.15, -0.1) is 0 Å². The SMILES string of the molecule is COc1ccc(/C(C)=N/NC(=O)C(=O)Nc2cc(Cl)cc(Cl)c2)cc1. The van der Waals surface area contributed by atoms with Gasteiger partial charge in [-0.2, -0.15) is 5.10 Å². The van der Waals surface area contributed by atoms with Crippen molar-refractivity contribution in [1.82, 2.24) is 5.43 Å². The Hall–Kier alpha value is -2.57. The van der Waals surface area contributed by atoms with Crippen molar-refractivity contribution in [2.24, 2.45) is 5.10 Å². The maximum Gasteiger partial charge on any atom is 0.329 e. The summed E-state index contributed by atoms with van der Waals surface area (Å²) in [4.78, 5) is 23.7. The molecule has 0 radical (unpaired) electrons. The minimum Gasteiger partial charge on any atom is -0.497 e. The highest BCUT2D eigenvalue weighted by Crippen LogP contribution is 2.22. The summed E-state index contributed by atoms with van der Waals surface area (Å²) in [6, 6.07) is 11.6. The quantitative estimate of drug-likeness (QED) is 0.484. The third-order valence-corrected chi connectivity index (χ3v) is 3.60. The third kappa shape index (κ3) is 5.48. The first-order chi connectivity index (χ1) is 11.9. The van der Waals surface area contributed by atoms with Gasteiger partial charge in [0.1, 0.15) is 5.75 Å². The Kier molecular flexibility index (Phi) is 6.38. The molecular weight excluding hydrogens is 365 g/mol. The van der Waals surface area contributed by atoms with E-state index in [4.69, 9.17) is 27.9 Å². The van der Waals surface area contributed by atoms with E-state index in [9.17, 15) is 9.59 Å². The zero-order valence-electron chi connectivity index (χ0n) is 13.5. The Morgan fingerprint density at radius 3 is 2.16 bits per heavy atom. The number of hydrogen-bond acceptors (Lipinski definition) is 4. The van der Waals surface area contributed by atoms with Crippen LogP contribution in [-0.4, -0.2) is 24.6 Å². The maximum absolute atomic E-state index is 11.9. The lowest BCUT2D eigenvalue weighted by Crippen LogP contribution is -2.32. The number of halogens is 2. The van der Waals surface area contributed by atoms with Crippen molar-refractivity contribution >= 4 is 46.4 Å². The van der Waals surface area contributed by atoms with Crippen molar-refractivity contribution in [3.05, 3.63) is 58.1 Å². The fraction of sp³-hybridized carbons (Fsp3) is 0.118. The molecule has 0 unspecified atom stereocenters. The van der Waals surface area contributed by atoms with Gasteiger partial charge in [-0.3, -0.25) is 9.59 Å². The molecule has 2 aromatic rings. The molecule has 8 heteroatoms. The number of nitrogens with zero attached hydrogens (tertiary/aromatic N) is 1. The average molecular weight is 380 g/mol. The van der Waals surface area contributed by atoms with Gasteiger partial charge in [0, 0.05) is 15.7 Å². The van der Waals surface area contributed by atoms with Gasteiger partial charge in [0.05, 0.1) is 12.8 Å². The van der Waals surface area contributed by atoms with Gasteiger partial charge in [-0.05, 0) is 55.0 Å². The summed E-state index contributed by atoms with van der Waals surface area (Å²) in [6.07, 6.45) is 0. The summed E-state index contributed by atoms with van der Waals surface area (Å²) in [5, 5.41) is 7.00. The van der Waals surface area contributed by atoms with Crippen molar-refractivity contribution < 1.29 is 14.3 Å². The van der Waals surface area contributed by atoms with Crippen LogP contribution in [0.15, 0.2) is 47.6 Å². The monoisotopic (exact) mass is 379 g/mol. The smallest absolute Gasteiger partial charge is 0.329 e. The zero-order chi connectivity index (χ0) is 18.4. The Balaban J connectivity index is 1.98. The first-order valence-corrected chi connectivity index (χ1v) is 7.91. The summed E-state index contributed by atoms with van der Waals surface area (Å²) in [5.41, 5.74) is 3.83. The molecule has 2 N–H and O–H groups in total. The van der Waals surface area contributed by atoms with Crippen molar-refractivity contribution in [3.8, 4) is 5.75 Å². The molecule has 0 aromatic heterocycles. The molecule has 0 saturated carbocycles. The van der Waals surface area contributed by atoms with Gasteiger partial charge >= 0.3 is 11.8 Å². The molecule has 25 heavy (non-hydrogen) atoms. The number of carbonyl (C=O) groups excluding carboxylic acids is 2. The predicted molar refractivity (Wildman–Crippen MR) is 98.4 cm³/mol. The van der Waals surface area contributed by atoms with Crippen LogP contribution >= 0.6 is 23.2 Å². The molecule has 0 aliphatic rings. The van der Waals surface area contributed by atoms with Gasteiger partial charge < -0.3 is 10.1 Å². The van der Waals surface area contributed by atoms with Crippen molar-refractivity contribution in [3.63, 3.8) is 0 Å². The van der Waals surface area contributed by atoms with E-state index in [1.165, 1.54) is 18.2 Å². The van der Waals surface area contributed by atoms with Crippen LogP contribution in [0.5, 0.6) is 5.75 Å². The molecule has 6 nitrogen and oxygen atoms in total. The van der Waals surface area contributed by atoms with Crippen LogP contribution in [0.4, 0.5) is 5.69 Å². The summed E-state index contributed by atoms with van der Waals surface area (Å²) >= 11 is 11.7. The van der Waals surface area contributed by atoms with Crippen molar-refractivity contribution in [2.45, 2.75) is 6.92 Å². The lowest BCUT2D eigenvalue weighted by atomic mass is 10.1. The molecule has 2 rings (SSSR count). The van der Waals surface area contributed by atoms with E-state index in [2.05, 4.69) is 15.8 Å². The Morgan fingerprint density at radius 2 is 1.60 bits per heavy atom. The van der Waals surface area contributed by atoms with Gasteiger partial charge in [0.2, 0.25) is 0 Å². The van der Waals surface area contributed by atoms with Crippen LogP contribution in [-0.2, 0) is 9.59 Å². The van der Waals surface area contributed by atoms with Crippen LogP contribution < -0.4 is 15.5 Å². The number of carbonyl (C=O) groups is 2. The summed E-state index contributed by atoms with van der Waals surface area (Å²) in [6.45, 7) is 1.71. The number of rotatable bonds is 4. The minimum absolute atomic E-state index is 0.313. The molecule has 0 saturated heterocycles. The van der Waals surface area contributed by atoms with Crippen LogP contribution in [0.25, 0.3) is 0 Å². The third-order valence-electron chi connectivity index (χ3n) is 3.16. The highest BCUT2D eigenvalue weighted by Gasteiger charge is 2.14. The number of hydrazone groups is 1. The van der Waals surface area contributed by atoms with E-state index >= 15 is 0 Å². The van der Waals surface area contributed by atoms with E-state index in [1.807, 2.05) is 0 Å². The molecule has 2 aromatic carbocycles. The number of benzene rings is 2. The van der Waals surface area contributed by atoms with Gasteiger partial charge in [-0.25, -0.2) is 5.43 Å². The standard InChI is InChI=1S/C17H15Cl2N3O3/c1-10(11-3-5-15(25-2)6-4-11)21-22-17(24)16(23)20-14-8-12(18)7-13(19)9-14/h3-9H,1-2H3,(H,20,23)(H,22,24)/b21-10+. The van der Waals surface area contributed by atoms with E-state index in [-0.39, 0.29) is 0 Å². The van der Waals surface area contributed by atoms with Gasteiger partial charge in [0.15, 0.2) is 0 Å². The highest BCUT2D eigenvalue weighted by atomic mass is 35.5. The molecule has 0 aliphatic carbocycles. The number of anilines is 1. The zero-order valence-corrected chi connectivity index (χ0v) is 15.0. The van der Waals surface area contributed by atoms with Crippen LogP contribution in [0.2, 0.25) is 10.0 Å². The Morgan fingerprint density at radius 1 is 1.00 bits per heavy atom. The molecule has 0 spiro atoms. The normalized spacial score (nSPS) is 11.0. The second-order valence-corrected chi connectivity index (χ2v) is 5.85. The molecule has 2 amide bonds.